The van der Waals surface area contributed by atoms with Crippen molar-refractivity contribution in [3.8, 4) is 17.6 Å². The van der Waals surface area contributed by atoms with Crippen LogP contribution >= 0.6 is 0 Å². The first kappa shape index (κ1) is 30.7. The third kappa shape index (κ3) is 8.88. The number of alkyl halides is 3. The largest absolute Gasteiger partial charge is 0.488 e. The Morgan fingerprint density at radius 2 is 1.76 bits per heavy atom. The summed E-state index contributed by atoms with van der Waals surface area (Å²) in [6, 6.07) is 21.7. The third-order valence-corrected chi connectivity index (χ3v) is 6.79. The zero-order valence-corrected chi connectivity index (χ0v) is 23.5. The van der Waals surface area contributed by atoms with Crippen LogP contribution in [0.3, 0.4) is 0 Å². The molecular weight excluding hydrogens is 547 g/mol. The van der Waals surface area contributed by atoms with Crippen molar-refractivity contribution in [2.45, 2.75) is 38.4 Å². The Morgan fingerprint density at radius 1 is 1.05 bits per heavy atom. The van der Waals surface area contributed by atoms with E-state index in [2.05, 4.69) is 22.4 Å². The summed E-state index contributed by atoms with van der Waals surface area (Å²) in [6.45, 7) is 3.18. The number of ether oxygens (including phenoxy) is 3. The normalized spacial score (nSPS) is 13.3. The maximum atomic E-state index is 12.5. The molecular formula is C32H34F3N3O4. The van der Waals surface area contributed by atoms with Gasteiger partial charge in [0, 0.05) is 25.7 Å². The highest BCUT2D eigenvalue weighted by Crippen LogP contribution is 2.33. The predicted molar refractivity (Wildman–Crippen MR) is 153 cm³/mol. The van der Waals surface area contributed by atoms with E-state index in [-0.39, 0.29) is 30.1 Å². The van der Waals surface area contributed by atoms with Gasteiger partial charge in [0.25, 0.3) is 0 Å². The van der Waals surface area contributed by atoms with Crippen LogP contribution in [0.2, 0.25) is 0 Å². The quantitative estimate of drug-likeness (QED) is 0.193. The molecule has 0 aliphatic carbocycles. The van der Waals surface area contributed by atoms with Crippen molar-refractivity contribution < 1.29 is 32.2 Å². The number of anilines is 1. The summed E-state index contributed by atoms with van der Waals surface area (Å²) in [5.74, 6) is -0.0338. The van der Waals surface area contributed by atoms with E-state index < -0.39 is 12.8 Å². The van der Waals surface area contributed by atoms with Gasteiger partial charge in [-0.25, -0.2) is 4.79 Å². The van der Waals surface area contributed by atoms with E-state index in [0.717, 1.165) is 29.8 Å². The number of halogens is 3. The highest BCUT2D eigenvalue weighted by Gasteiger charge is 2.29. The number of nitrogens with one attached hydrogen (secondary N) is 1. The zero-order chi connectivity index (χ0) is 30.0. The second-order valence-corrected chi connectivity index (χ2v) is 10.1. The van der Waals surface area contributed by atoms with E-state index in [1.54, 1.807) is 42.5 Å². The molecule has 0 radical (unpaired) electrons. The van der Waals surface area contributed by atoms with Gasteiger partial charge in [0.2, 0.25) is 0 Å². The molecule has 0 saturated carbocycles. The van der Waals surface area contributed by atoms with Crippen LogP contribution in [-0.4, -0.2) is 57.6 Å². The average molecular weight is 582 g/mol. The molecule has 4 rings (SSSR count). The minimum atomic E-state index is -4.43. The molecule has 1 heterocycles. The summed E-state index contributed by atoms with van der Waals surface area (Å²) in [5.41, 5.74) is 4.30. The summed E-state index contributed by atoms with van der Waals surface area (Å²) in [7, 11) is 0. The predicted octanol–water partition coefficient (Wildman–Crippen LogP) is 5.71. The number of carbonyl (C=O) groups is 1. The van der Waals surface area contributed by atoms with Gasteiger partial charge in [0.15, 0.2) is 18.1 Å². The summed E-state index contributed by atoms with van der Waals surface area (Å²) in [5, 5.41) is 13.3. The molecule has 0 fully saturated rings. The smallest absolute Gasteiger partial charge is 0.422 e. The Hall–Kier alpha value is -4.23. The van der Waals surface area contributed by atoms with Gasteiger partial charge in [-0.1, -0.05) is 36.4 Å². The molecule has 3 aromatic carbocycles. The Labute approximate surface area is 243 Å². The maximum Gasteiger partial charge on any atom is 0.422 e. The average Bonchev–Trinajstić information content (AvgIpc) is 3.39. The summed E-state index contributed by atoms with van der Waals surface area (Å²) in [6.07, 6.45) is -2.23. The Kier molecular flexibility index (Phi) is 10.7. The highest BCUT2D eigenvalue weighted by molar-refractivity contribution is 5.89. The maximum absolute atomic E-state index is 12.5. The number of benzene rings is 3. The van der Waals surface area contributed by atoms with Crippen molar-refractivity contribution >= 4 is 11.7 Å². The van der Waals surface area contributed by atoms with Crippen molar-refractivity contribution in [1.29, 1.82) is 5.26 Å². The van der Waals surface area contributed by atoms with Gasteiger partial charge < -0.3 is 24.4 Å². The lowest BCUT2D eigenvalue weighted by Gasteiger charge is -2.21. The monoisotopic (exact) mass is 581 g/mol. The van der Waals surface area contributed by atoms with Gasteiger partial charge in [0.1, 0.15) is 12.7 Å². The fourth-order valence-electron chi connectivity index (χ4n) is 4.94. The van der Waals surface area contributed by atoms with Crippen LogP contribution in [0.15, 0.2) is 66.7 Å². The molecule has 222 valence electrons. The molecule has 0 bridgehead atoms. The van der Waals surface area contributed by atoms with E-state index in [4.69, 9.17) is 14.2 Å². The van der Waals surface area contributed by atoms with Crippen LogP contribution in [0.25, 0.3) is 0 Å². The minimum absolute atomic E-state index is 0.0484. The molecule has 0 amide bonds. The second kappa shape index (κ2) is 14.6. The van der Waals surface area contributed by atoms with Gasteiger partial charge in [-0.15, -0.1) is 0 Å². The lowest BCUT2D eigenvalue weighted by Crippen LogP contribution is -2.32. The lowest BCUT2D eigenvalue weighted by atomic mass is 9.99. The molecule has 10 heteroatoms. The van der Waals surface area contributed by atoms with Gasteiger partial charge in [-0.2, -0.15) is 18.4 Å². The van der Waals surface area contributed by atoms with Gasteiger partial charge in [-0.05, 0) is 67.6 Å². The van der Waals surface area contributed by atoms with Gasteiger partial charge >= 0.3 is 12.1 Å². The molecule has 1 atom stereocenters. The van der Waals surface area contributed by atoms with Crippen LogP contribution in [0.1, 0.15) is 40.4 Å². The van der Waals surface area contributed by atoms with Crippen molar-refractivity contribution in [2.75, 3.05) is 44.4 Å². The second-order valence-electron chi connectivity index (χ2n) is 10.1. The van der Waals surface area contributed by atoms with Crippen LogP contribution in [0.4, 0.5) is 18.9 Å². The van der Waals surface area contributed by atoms with Gasteiger partial charge in [-0.3, -0.25) is 0 Å². The first-order valence-corrected chi connectivity index (χ1v) is 13.9. The van der Waals surface area contributed by atoms with Crippen molar-refractivity contribution in [3.05, 3.63) is 89.0 Å². The molecule has 3 aromatic rings. The Morgan fingerprint density at radius 3 is 2.48 bits per heavy atom. The van der Waals surface area contributed by atoms with Crippen LogP contribution in [0.5, 0.6) is 11.5 Å². The number of nitriles is 1. The SMILES string of the molecule is CC(Cc1cc(C#N)c2c(c1)CCN2CCCOC(=O)c1ccccc1)NCCOc1ccccc1OCC(F)(F)F. The summed E-state index contributed by atoms with van der Waals surface area (Å²) >= 11 is 0. The number of fused-ring (bicyclic) bond motifs is 1. The van der Waals surface area contributed by atoms with Crippen LogP contribution in [-0.2, 0) is 17.6 Å². The van der Waals surface area contributed by atoms with E-state index >= 15 is 0 Å². The van der Waals surface area contributed by atoms with E-state index in [1.165, 1.54) is 6.07 Å². The van der Waals surface area contributed by atoms with E-state index in [9.17, 15) is 23.2 Å². The summed E-state index contributed by atoms with van der Waals surface area (Å²) in [4.78, 5) is 14.3. The number of nitrogens with zero attached hydrogens (tertiary/aromatic N) is 2. The molecule has 1 N–H and O–H groups in total. The molecule has 42 heavy (non-hydrogen) atoms. The third-order valence-electron chi connectivity index (χ3n) is 6.79. The Balaban J connectivity index is 1.23. The van der Waals surface area contributed by atoms with E-state index in [0.29, 0.717) is 43.7 Å². The van der Waals surface area contributed by atoms with Crippen LogP contribution in [0, 0.1) is 11.3 Å². The first-order chi connectivity index (χ1) is 20.2. The number of hydrogen-bond acceptors (Lipinski definition) is 7. The molecule has 1 unspecified atom stereocenters. The fraction of sp³-hybridized carbons (Fsp3) is 0.375. The standard InChI is InChI=1S/C32H34F3N3O4/c1-23(37-13-17-40-28-10-5-6-11-29(28)42-22-32(33,34)35)18-24-19-26-12-15-38(30(26)27(20-24)21-36)14-7-16-41-31(39)25-8-3-2-4-9-25/h2-6,8-11,19-20,23,37H,7,12-18,22H2,1H3. The van der Waals surface area contributed by atoms with Crippen molar-refractivity contribution in [1.82, 2.24) is 5.32 Å². The number of carbonyl (C=O) groups excluding carboxylic acids is 1. The number of esters is 1. The molecule has 0 aromatic heterocycles. The zero-order valence-electron chi connectivity index (χ0n) is 23.5. The van der Waals surface area contributed by atoms with Gasteiger partial charge in [0.05, 0.1) is 23.4 Å². The Bertz CT molecular complexity index is 1380. The number of para-hydroxylation sites is 2. The molecule has 0 saturated heterocycles. The van der Waals surface area contributed by atoms with Crippen LogP contribution < -0.4 is 19.7 Å². The van der Waals surface area contributed by atoms with E-state index in [1.807, 2.05) is 19.1 Å². The first-order valence-electron chi connectivity index (χ1n) is 13.9. The molecule has 1 aliphatic heterocycles. The fourth-order valence-corrected chi connectivity index (χ4v) is 4.94. The van der Waals surface area contributed by atoms with Crippen molar-refractivity contribution in [3.63, 3.8) is 0 Å². The molecule has 0 spiro atoms. The van der Waals surface area contributed by atoms with Crippen molar-refractivity contribution in [2.24, 2.45) is 0 Å². The topological polar surface area (TPSA) is 83.8 Å². The summed E-state index contributed by atoms with van der Waals surface area (Å²) < 4.78 is 53.5. The molecule has 1 aliphatic rings. The molecule has 7 nitrogen and oxygen atoms in total. The number of rotatable bonds is 14. The minimum Gasteiger partial charge on any atom is -0.488 e. The number of hydrogen-bond donors (Lipinski definition) is 1. The lowest BCUT2D eigenvalue weighted by molar-refractivity contribution is -0.153. The highest BCUT2D eigenvalue weighted by atomic mass is 19.4.